The molecule has 2 N–H and O–H groups in total. The van der Waals surface area contributed by atoms with E-state index in [0.29, 0.717) is 0 Å². The third-order valence-electron chi connectivity index (χ3n) is 1.88. The van der Waals surface area contributed by atoms with Crippen LogP contribution in [0.4, 0.5) is 0 Å². The summed E-state index contributed by atoms with van der Waals surface area (Å²) in [6, 6.07) is 0. The van der Waals surface area contributed by atoms with Crippen LogP contribution in [-0.4, -0.2) is 23.4 Å². The molecule has 0 aliphatic carbocycles. The number of hydrogen-bond acceptors (Lipinski definition) is 4. The Morgan fingerprint density at radius 2 is 2.50 bits per heavy atom. The highest BCUT2D eigenvalue weighted by Gasteiger charge is 2.21. The maximum absolute atomic E-state index is 10.6. The minimum atomic E-state index is -0.865. The fourth-order valence-electron chi connectivity index (χ4n) is 1.31. The van der Waals surface area contributed by atoms with Crippen molar-refractivity contribution in [2.24, 2.45) is 0 Å². The number of carbonyl (C=O) groups is 1. The fraction of sp³-hybridized carbons (Fsp3) is 0.222. The summed E-state index contributed by atoms with van der Waals surface area (Å²) in [5.41, 5.74) is 0.927. The molecule has 2 rings (SSSR count). The van der Waals surface area contributed by atoms with Crippen LogP contribution in [0.5, 0.6) is 0 Å². The van der Waals surface area contributed by atoms with Crippen molar-refractivity contribution < 1.29 is 9.90 Å². The second-order valence-electron chi connectivity index (χ2n) is 2.85. The van der Waals surface area contributed by atoms with Crippen molar-refractivity contribution in [1.82, 2.24) is 5.32 Å². The number of nitrogens with one attached hydrogen (secondary N) is 1. The molecule has 0 bridgehead atoms. The average molecular weight is 227 g/mol. The molecular weight excluding hydrogens is 218 g/mol. The third kappa shape index (κ3) is 1.99. The van der Waals surface area contributed by atoms with Gasteiger partial charge in [-0.25, -0.2) is 4.79 Å². The van der Waals surface area contributed by atoms with Gasteiger partial charge >= 0.3 is 5.97 Å². The Morgan fingerprint density at radius 1 is 1.64 bits per heavy atom. The second-order valence-corrected chi connectivity index (χ2v) is 4.84. The highest BCUT2D eigenvalue weighted by molar-refractivity contribution is 8.09. The van der Waals surface area contributed by atoms with Crippen molar-refractivity contribution in [2.75, 3.05) is 12.3 Å². The number of rotatable bonds is 1. The van der Waals surface area contributed by atoms with Crippen LogP contribution in [0.25, 0.3) is 0 Å². The molecule has 0 aromatic rings. The lowest BCUT2D eigenvalue weighted by molar-refractivity contribution is -0.131. The van der Waals surface area contributed by atoms with Crippen molar-refractivity contribution in [2.45, 2.75) is 0 Å². The summed E-state index contributed by atoms with van der Waals surface area (Å²) >= 11 is 3.30. The number of carboxylic acids is 1. The Hall–Kier alpha value is -0.810. The lowest BCUT2D eigenvalue weighted by Crippen LogP contribution is -2.05. The van der Waals surface area contributed by atoms with E-state index in [1.165, 1.54) is 11.0 Å². The van der Waals surface area contributed by atoms with Crippen molar-refractivity contribution in [1.29, 1.82) is 0 Å². The van der Waals surface area contributed by atoms with Crippen LogP contribution in [0.2, 0.25) is 0 Å². The summed E-state index contributed by atoms with van der Waals surface area (Å²) in [5.74, 6) is -0.0874. The molecule has 0 aromatic heterocycles. The Kier molecular flexibility index (Phi) is 2.88. The summed E-state index contributed by atoms with van der Waals surface area (Å²) in [4.78, 5) is 12.9. The van der Waals surface area contributed by atoms with Crippen molar-refractivity contribution in [3.05, 3.63) is 33.1 Å². The Bertz CT molecular complexity index is 358. The molecular formula is C9H9NO2S2. The van der Waals surface area contributed by atoms with Crippen molar-refractivity contribution in [3.63, 3.8) is 0 Å². The first-order valence-corrected chi connectivity index (χ1v) is 5.99. The molecule has 0 amide bonds. The van der Waals surface area contributed by atoms with Gasteiger partial charge in [0.1, 0.15) is 0 Å². The molecule has 0 spiro atoms. The van der Waals surface area contributed by atoms with E-state index in [1.807, 2.05) is 11.6 Å². The Labute approximate surface area is 90.3 Å². The summed E-state index contributed by atoms with van der Waals surface area (Å²) < 4.78 is 0. The summed E-state index contributed by atoms with van der Waals surface area (Å²) in [5, 5.41) is 13.8. The van der Waals surface area contributed by atoms with Crippen LogP contribution in [0.3, 0.4) is 0 Å². The molecule has 0 radical (unpaired) electrons. The first-order chi connectivity index (χ1) is 6.77. The topological polar surface area (TPSA) is 49.3 Å². The van der Waals surface area contributed by atoms with Gasteiger partial charge in [0.2, 0.25) is 0 Å². The fourth-order valence-corrected chi connectivity index (χ4v) is 3.51. The van der Waals surface area contributed by atoms with E-state index in [0.717, 1.165) is 22.8 Å². The molecule has 2 heterocycles. The second kappa shape index (κ2) is 4.14. The van der Waals surface area contributed by atoms with Gasteiger partial charge in [0.25, 0.3) is 0 Å². The van der Waals surface area contributed by atoms with Gasteiger partial charge in [-0.1, -0.05) is 11.8 Å². The van der Waals surface area contributed by atoms with E-state index in [9.17, 15) is 4.79 Å². The molecule has 2 aliphatic heterocycles. The SMILES string of the molecule is O=C(O)C=C1CSC2=C1SC=CNC2. The molecule has 5 heteroatoms. The zero-order chi connectivity index (χ0) is 9.97. The van der Waals surface area contributed by atoms with Crippen LogP contribution in [-0.2, 0) is 4.79 Å². The Morgan fingerprint density at radius 3 is 3.29 bits per heavy atom. The molecule has 2 aliphatic rings. The quantitative estimate of drug-likeness (QED) is 0.668. The predicted octanol–water partition coefficient (Wildman–Crippen LogP) is 1.76. The summed E-state index contributed by atoms with van der Waals surface area (Å²) in [6.07, 6.45) is 3.20. The first kappa shape index (κ1) is 9.73. The van der Waals surface area contributed by atoms with Gasteiger partial charge in [-0.05, 0) is 11.0 Å². The molecule has 0 aromatic carbocycles. The van der Waals surface area contributed by atoms with Gasteiger partial charge in [-0.3, -0.25) is 0 Å². The van der Waals surface area contributed by atoms with Crippen LogP contribution in [0, 0.1) is 0 Å². The van der Waals surface area contributed by atoms with Gasteiger partial charge in [0.15, 0.2) is 0 Å². The molecule has 0 saturated heterocycles. The summed E-state index contributed by atoms with van der Waals surface area (Å²) in [7, 11) is 0. The van der Waals surface area contributed by atoms with Gasteiger partial charge in [0, 0.05) is 34.4 Å². The van der Waals surface area contributed by atoms with Crippen molar-refractivity contribution in [3.8, 4) is 0 Å². The Balaban J connectivity index is 2.28. The van der Waals surface area contributed by atoms with Gasteiger partial charge in [-0.2, -0.15) is 0 Å². The summed E-state index contributed by atoms with van der Waals surface area (Å²) in [6.45, 7) is 0.806. The number of allylic oxidation sites excluding steroid dienone is 1. The van der Waals surface area contributed by atoms with Crippen LogP contribution < -0.4 is 5.32 Å². The van der Waals surface area contributed by atoms with E-state index in [-0.39, 0.29) is 0 Å². The number of thioether (sulfide) groups is 2. The van der Waals surface area contributed by atoms with E-state index >= 15 is 0 Å². The standard InChI is InChI=1S/C9H9NO2S2/c11-8(12)3-6-5-14-7-4-10-1-2-13-9(6)7/h1-3,10H,4-5H2,(H,11,12). The van der Waals surface area contributed by atoms with Crippen molar-refractivity contribution >= 4 is 29.5 Å². The first-order valence-electron chi connectivity index (χ1n) is 4.12. The lowest BCUT2D eigenvalue weighted by atomic mass is 10.2. The predicted molar refractivity (Wildman–Crippen MR) is 59.9 cm³/mol. The van der Waals surface area contributed by atoms with Gasteiger partial charge in [0.05, 0.1) is 0 Å². The molecule has 3 nitrogen and oxygen atoms in total. The highest BCUT2D eigenvalue weighted by atomic mass is 32.2. The maximum Gasteiger partial charge on any atom is 0.328 e. The van der Waals surface area contributed by atoms with Crippen LogP contribution in [0.1, 0.15) is 0 Å². The molecule has 14 heavy (non-hydrogen) atoms. The van der Waals surface area contributed by atoms with Crippen LogP contribution in [0.15, 0.2) is 33.1 Å². The number of aliphatic carboxylic acids is 1. The molecule has 0 fully saturated rings. The lowest BCUT2D eigenvalue weighted by Gasteiger charge is -2.00. The van der Waals surface area contributed by atoms with Gasteiger partial charge in [-0.15, -0.1) is 11.8 Å². The molecule has 0 atom stereocenters. The van der Waals surface area contributed by atoms with E-state index in [2.05, 4.69) is 5.32 Å². The average Bonchev–Trinajstić information content (AvgIpc) is 2.37. The smallest absolute Gasteiger partial charge is 0.328 e. The molecule has 0 unspecified atom stereocenters. The monoisotopic (exact) mass is 227 g/mol. The van der Waals surface area contributed by atoms with E-state index in [4.69, 9.17) is 5.11 Å². The molecule has 0 saturated carbocycles. The number of hydrogen-bond donors (Lipinski definition) is 2. The largest absolute Gasteiger partial charge is 0.478 e. The number of carboxylic acid groups (broad SMARTS) is 1. The maximum atomic E-state index is 10.6. The molecule has 74 valence electrons. The van der Waals surface area contributed by atoms with Gasteiger partial charge < -0.3 is 10.4 Å². The minimum Gasteiger partial charge on any atom is -0.478 e. The normalized spacial score (nSPS) is 23.3. The van der Waals surface area contributed by atoms with Crippen LogP contribution >= 0.6 is 23.5 Å². The highest BCUT2D eigenvalue weighted by Crippen LogP contribution is 2.42. The minimum absolute atomic E-state index is 0.777. The zero-order valence-corrected chi connectivity index (χ0v) is 8.95. The third-order valence-corrected chi connectivity index (χ3v) is 4.18. The zero-order valence-electron chi connectivity index (χ0n) is 7.32. The van der Waals surface area contributed by atoms with E-state index < -0.39 is 5.97 Å². The van der Waals surface area contributed by atoms with E-state index in [1.54, 1.807) is 23.5 Å².